The van der Waals surface area contributed by atoms with Gasteiger partial charge >= 0.3 is 6.18 Å². The summed E-state index contributed by atoms with van der Waals surface area (Å²) in [7, 11) is 0. The van der Waals surface area contributed by atoms with Crippen LogP contribution in [0, 0.1) is 0 Å². The highest BCUT2D eigenvalue weighted by atomic mass is 19.4. The number of carbonyl (C=O) groups excluding carboxylic acids is 1. The van der Waals surface area contributed by atoms with Crippen molar-refractivity contribution in [2.24, 2.45) is 0 Å². The molecule has 0 saturated carbocycles. The average molecular weight is 333 g/mol. The third-order valence-corrected chi connectivity index (χ3v) is 3.67. The molecule has 0 fully saturated rings. The van der Waals surface area contributed by atoms with E-state index in [4.69, 9.17) is 0 Å². The molecule has 1 N–H and O–H groups in total. The van der Waals surface area contributed by atoms with Crippen LogP contribution in [0.25, 0.3) is 11.0 Å². The number of nitrogens with zero attached hydrogens (tertiary/aromatic N) is 2. The number of fused-ring (bicyclic) bond motifs is 1. The number of hydrogen-bond acceptors (Lipinski definition) is 2. The Kier molecular flexibility index (Phi) is 4.01. The fourth-order valence-corrected chi connectivity index (χ4v) is 2.48. The zero-order valence-corrected chi connectivity index (χ0v) is 12.8. The van der Waals surface area contributed by atoms with E-state index in [0.29, 0.717) is 12.5 Å². The second-order valence-electron chi connectivity index (χ2n) is 5.20. The molecule has 0 aliphatic heterocycles. The van der Waals surface area contributed by atoms with Gasteiger partial charge in [-0.2, -0.15) is 13.2 Å². The molecule has 4 nitrogen and oxygen atoms in total. The van der Waals surface area contributed by atoms with Gasteiger partial charge in [0.05, 0.1) is 16.6 Å². The predicted octanol–water partition coefficient (Wildman–Crippen LogP) is 4.33. The Bertz CT molecular complexity index is 882. The van der Waals surface area contributed by atoms with Crippen LogP contribution in [0.2, 0.25) is 0 Å². The highest BCUT2D eigenvalue weighted by Gasteiger charge is 2.30. The summed E-state index contributed by atoms with van der Waals surface area (Å²) >= 11 is 0. The van der Waals surface area contributed by atoms with Gasteiger partial charge in [0, 0.05) is 12.1 Å². The van der Waals surface area contributed by atoms with Gasteiger partial charge in [-0.1, -0.05) is 12.1 Å². The Hall–Kier alpha value is -2.83. The number of nitrogens with one attached hydrogen (secondary N) is 1. The summed E-state index contributed by atoms with van der Waals surface area (Å²) in [6, 6.07) is 11.5. The minimum Gasteiger partial charge on any atom is -0.310 e. The lowest BCUT2D eigenvalue weighted by atomic mass is 10.1. The normalized spacial score (nSPS) is 11.7. The SMILES string of the molecule is CCn1c(NC(=O)c2ccc(C(F)(F)F)cc2)nc2ccccc21. The van der Waals surface area contributed by atoms with Gasteiger partial charge in [0.2, 0.25) is 5.95 Å². The lowest BCUT2D eigenvalue weighted by Gasteiger charge is -2.09. The van der Waals surface area contributed by atoms with E-state index in [1.807, 2.05) is 35.8 Å². The number of anilines is 1. The molecule has 0 bridgehead atoms. The van der Waals surface area contributed by atoms with E-state index in [-0.39, 0.29) is 5.56 Å². The standard InChI is InChI=1S/C17H14F3N3O/c1-2-23-14-6-4-3-5-13(14)21-16(23)22-15(24)11-7-9-12(10-8-11)17(18,19)20/h3-10H,2H2,1H3,(H,21,22,24). The van der Waals surface area contributed by atoms with Gasteiger partial charge in [-0.15, -0.1) is 0 Å². The lowest BCUT2D eigenvalue weighted by Crippen LogP contribution is -2.16. The molecule has 0 unspecified atom stereocenters. The Morgan fingerprint density at radius 2 is 1.79 bits per heavy atom. The molecule has 2 aromatic carbocycles. The van der Waals surface area contributed by atoms with Crippen molar-refractivity contribution >= 4 is 22.9 Å². The molecule has 1 amide bonds. The third kappa shape index (κ3) is 2.97. The molecule has 0 aliphatic carbocycles. The molecule has 1 aromatic heterocycles. The number of carbonyl (C=O) groups is 1. The fourth-order valence-electron chi connectivity index (χ4n) is 2.48. The van der Waals surface area contributed by atoms with E-state index < -0.39 is 17.6 Å². The zero-order valence-electron chi connectivity index (χ0n) is 12.8. The van der Waals surface area contributed by atoms with Crippen molar-refractivity contribution in [1.29, 1.82) is 0 Å². The minimum absolute atomic E-state index is 0.137. The van der Waals surface area contributed by atoms with Crippen LogP contribution in [0.1, 0.15) is 22.8 Å². The molecular formula is C17H14F3N3O. The van der Waals surface area contributed by atoms with Crippen LogP contribution in [0.5, 0.6) is 0 Å². The van der Waals surface area contributed by atoms with Crippen LogP contribution >= 0.6 is 0 Å². The molecule has 7 heteroatoms. The van der Waals surface area contributed by atoms with Crippen LogP contribution in [0.3, 0.4) is 0 Å². The van der Waals surface area contributed by atoms with Crippen molar-refractivity contribution in [3.63, 3.8) is 0 Å². The number of aromatic nitrogens is 2. The van der Waals surface area contributed by atoms with Gasteiger partial charge in [-0.3, -0.25) is 10.1 Å². The van der Waals surface area contributed by atoms with E-state index in [9.17, 15) is 18.0 Å². The highest BCUT2D eigenvalue weighted by molar-refractivity contribution is 6.04. The van der Waals surface area contributed by atoms with Crippen molar-refractivity contribution in [2.45, 2.75) is 19.6 Å². The summed E-state index contributed by atoms with van der Waals surface area (Å²) in [5.41, 5.74) is 0.961. The second-order valence-corrected chi connectivity index (χ2v) is 5.20. The van der Waals surface area contributed by atoms with Crippen LogP contribution in [0.4, 0.5) is 19.1 Å². The second kappa shape index (κ2) is 5.99. The Morgan fingerprint density at radius 3 is 2.42 bits per heavy atom. The molecule has 3 rings (SSSR count). The highest BCUT2D eigenvalue weighted by Crippen LogP contribution is 2.29. The van der Waals surface area contributed by atoms with Gasteiger partial charge in [0.15, 0.2) is 0 Å². The smallest absolute Gasteiger partial charge is 0.310 e. The Morgan fingerprint density at radius 1 is 1.12 bits per heavy atom. The summed E-state index contributed by atoms with van der Waals surface area (Å²) < 4.78 is 39.5. The van der Waals surface area contributed by atoms with Crippen molar-refractivity contribution in [2.75, 3.05) is 5.32 Å². The van der Waals surface area contributed by atoms with E-state index in [0.717, 1.165) is 35.3 Å². The average Bonchev–Trinajstić information content (AvgIpc) is 2.91. The van der Waals surface area contributed by atoms with E-state index in [1.165, 1.54) is 0 Å². The molecule has 0 saturated heterocycles. The largest absolute Gasteiger partial charge is 0.416 e. The quantitative estimate of drug-likeness (QED) is 0.775. The topological polar surface area (TPSA) is 46.9 Å². The third-order valence-electron chi connectivity index (χ3n) is 3.67. The molecule has 3 aromatic rings. The lowest BCUT2D eigenvalue weighted by molar-refractivity contribution is -0.137. The van der Waals surface area contributed by atoms with Gasteiger partial charge in [-0.05, 0) is 43.3 Å². The first kappa shape index (κ1) is 16.0. The van der Waals surface area contributed by atoms with Gasteiger partial charge in [0.25, 0.3) is 5.91 Å². The summed E-state index contributed by atoms with van der Waals surface area (Å²) in [6.07, 6.45) is -4.43. The van der Waals surface area contributed by atoms with E-state index >= 15 is 0 Å². The number of benzene rings is 2. The molecular weight excluding hydrogens is 319 g/mol. The van der Waals surface area contributed by atoms with Crippen LogP contribution in [-0.4, -0.2) is 15.5 Å². The molecule has 0 radical (unpaired) electrons. The summed E-state index contributed by atoms with van der Waals surface area (Å²) in [4.78, 5) is 16.6. The number of halogens is 3. The molecule has 124 valence electrons. The van der Waals surface area contributed by atoms with Crippen LogP contribution in [0.15, 0.2) is 48.5 Å². The maximum Gasteiger partial charge on any atom is 0.416 e. The van der Waals surface area contributed by atoms with Crippen molar-refractivity contribution in [1.82, 2.24) is 9.55 Å². The Labute approximate surface area is 135 Å². The summed E-state index contributed by atoms with van der Waals surface area (Å²) in [5.74, 6) is -0.141. The van der Waals surface area contributed by atoms with Gasteiger partial charge in [-0.25, -0.2) is 4.98 Å². The number of aryl methyl sites for hydroxylation is 1. The van der Waals surface area contributed by atoms with Gasteiger partial charge < -0.3 is 4.57 Å². The summed E-state index contributed by atoms with van der Waals surface area (Å²) in [5, 5.41) is 2.66. The number of imidazole rings is 1. The maximum absolute atomic E-state index is 12.6. The van der Waals surface area contributed by atoms with Crippen molar-refractivity contribution in [3.05, 3.63) is 59.7 Å². The van der Waals surface area contributed by atoms with E-state index in [2.05, 4.69) is 10.3 Å². The van der Waals surface area contributed by atoms with Crippen molar-refractivity contribution in [3.8, 4) is 0 Å². The molecule has 0 spiro atoms. The first-order valence-electron chi connectivity index (χ1n) is 7.34. The first-order valence-corrected chi connectivity index (χ1v) is 7.34. The fraction of sp³-hybridized carbons (Fsp3) is 0.176. The zero-order chi connectivity index (χ0) is 17.3. The molecule has 0 atom stereocenters. The van der Waals surface area contributed by atoms with Crippen LogP contribution < -0.4 is 5.32 Å². The first-order chi connectivity index (χ1) is 11.4. The minimum atomic E-state index is -4.43. The number of amides is 1. The molecule has 0 aliphatic rings. The van der Waals surface area contributed by atoms with Crippen molar-refractivity contribution < 1.29 is 18.0 Å². The number of hydrogen-bond donors (Lipinski definition) is 1. The number of alkyl halides is 3. The van der Waals surface area contributed by atoms with E-state index in [1.54, 1.807) is 0 Å². The molecule has 1 heterocycles. The molecule has 24 heavy (non-hydrogen) atoms. The number of rotatable bonds is 3. The van der Waals surface area contributed by atoms with Crippen LogP contribution in [-0.2, 0) is 12.7 Å². The monoisotopic (exact) mass is 333 g/mol. The number of para-hydroxylation sites is 2. The Balaban J connectivity index is 1.87. The maximum atomic E-state index is 12.6. The van der Waals surface area contributed by atoms with Gasteiger partial charge in [0.1, 0.15) is 0 Å². The predicted molar refractivity (Wildman–Crippen MR) is 84.8 cm³/mol. The summed E-state index contributed by atoms with van der Waals surface area (Å²) in [6.45, 7) is 2.52.